The number of alkyl halides is 2. The first-order valence-electron chi connectivity index (χ1n) is 6.60. The Labute approximate surface area is 124 Å². The fraction of sp³-hybridized carbons (Fsp3) is 0.286. The third-order valence-corrected chi connectivity index (χ3v) is 3.07. The molecule has 116 valence electrons. The summed E-state index contributed by atoms with van der Waals surface area (Å²) in [4.78, 5) is 15.0. The predicted molar refractivity (Wildman–Crippen MR) is 72.2 cm³/mol. The molecule has 1 aliphatic heterocycles. The fourth-order valence-corrected chi connectivity index (χ4v) is 2.10. The molecule has 0 spiro atoms. The van der Waals surface area contributed by atoms with Gasteiger partial charge in [0.2, 0.25) is 5.91 Å². The molecule has 0 aliphatic carbocycles. The standard InChI is InChI=1S/C14H13F2N3O3/c1-9(20)17-5-4-10-7-19(8-18-10)11-2-3-12-13(6-11)22-14(15,16)21-12/h2-3,6-8H,4-5H2,1H3,(H,17,20). The smallest absolute Gasteiger partial charge is 0.395 e. The highest BCUT2D eigenvalue weighted by Crippen LogP contribution is 2.41. The largest absolute Gasteiger partial charge is 0.586 e. The Bertz CT molecular complexity index is 715. The van der Waals surface area contributed by atoms with Gasteiger partial charge in [0.15, 0.2) is 11.5 Å². The van der Waals surface area contributed by atoms with Crippen molar-refractivity contribution in [2.45, 2.75) is 19.6 Å². The maximum Gasteiger partial charge on any atom is 0.586 e. The van der Waals surface area contributed by atoms with E-state index in [1.165, 1.54) is 19.1 Å². The van der Waals surface area contributed by atoms with Crippen molar-refractivity contribution in [3.63, 3.8) is 0 Å². The maximum absolute atomic E-state index is 13.0. The molecule has 1 amide bonds. The summed E-state index contributed by atoms with van der Waals surface area (Å²) in [7, 11) is 0. The Kier molecular flexibility index (Phi) is 3.44. The van der Waals surface area contributed by atoms with Gasteiger partial charge in [-0.3, -0.25) is 4.79 Å². The normalized spacial score (nSPS) is 14.9. The van der Waals surface area contributed by atoms with Crippen molar-refractivity contribution in [1.29, 1.82) is 0 Å². The van der Waals surface area contributed by atoms with Gasteiger partial charge in [0, 0.05) is 32.2 Å². The van der Waals surface area contributed by atoms with Crippen molar-refractivity contribution in [3.05, 3.63) is 36.4 Å². The van der Waals surface area contributed by atoms with Gasteiger partial charge in [0.25, 0.3) is 0 Å². The van der Waals surface area contributed by atoms with Crippen molar-refractivity contribution in [1.82, 2.24) is 14.9 Å². The summed E-state index contributed by atoms with van der Waals surface area (Å²) >= 11 is 0. The first-order valence-corrected chi connectivity index (χ1v) is 6.60. The van der Waals surface area contributed by atoms with Crippen LogP contribution in [0.2, 0.25) is 0 Å². The molecule has 0 saturated heterocycles. The van der Waals surface area contributed by atoms with Crippen LogP contribution in [0, 0.1) is 0 Å². The van der Waals surface area contributed by atoms with Crippen LogP contribution in [0.15, 0.2) is 30.7 Å². The molecule has 1 N–H and O–H groups in total. The zero-order valence-electron chi connectivity index (χ0n) is 11.7. The van der Waals surface area contributed by atoms with E-state index < -0.39 is 6.29 Å². The molecule has 0 radical (unpaired) electrons. The summed E-state index contributed by atoms with van der Waals surface area (Å²) in [6.45, 7) is 1.93. The van der Waals surface area contributed by atoms with Gasteiger partial charge in [-0.25, -0.2) is 4.98 Å². The average Bonchev–Trinajstić information content (AvgIpc) is 2.99. The van der Waals surface area contributed by atoms with Crippen molar-refractivity contribution in [2.75, 3.05) is 6.54 Å². The number of nitrogens with zero attached hydrogens (tertiary/aromatic N) is 2. The second-order valence-corrected chi connectivity index (χ2v) is 4.80. The van der Waals surface area contributed by atoms with Crippen LogP contribution in [-0.4, -0.2) is 28.3 Å². The van der Waals surface area contributed by atoms with Crippen molar-refractivity contribution in [3.8, 4) is 17.2 Å². The van der Waals surface area contributed by atoms with Crippen molar-refractivity contribution >= 4 is 5.91 Å². The number of ether oxygens (including phenoxy) is 2. The van der Waals surface area contributed by atoms with Crippen LogP contribution >= 0.6 is 0 Å². The Balaban J connectivity index is 1.73. The molecular formula is C14H13F2N3O3. The first-order chi connectivity index (χ1) is 10.4. The highest BCUT2D eigenvalue weighted by atomic mass is 19.3. The number of nitrogens with one attached hydrogen (secondary N) is 1. The van der Waals surface area contributed by atoms with Gasteiger partial charge in [-0.2, -0.15) is 0 Å². The highest BCUT2D eigenvalue weighted by molar-refractivity contribution is 5.72. The molecule has 6 nitrogen and oxygen atoms in total. The molecule has 22 heavy (non-hydrogen) atoms. The number of hydrogen-bond donors (Lipinski definition) is 1. The summed E-state index contributed by atoms with van der Waals surface area (Å²) in [5.41, 5.74) is 1.40. The van der Waals surface area contributed by atoms with E-state index in [4.69, 9.17) is 0 Å². The minimum Gasteiger partial charge on any atom is -0.395 e. The van der Waals surface area contributed by atoms with Gasteiger partial charge in [-0.15, -0.1) is 8.78 Å². The number of imidazole rings is 1. The molecule has 0 saturated carbocycles. The molecular weight excluding hydrogens is 296 g/mol. The van der Waals surface area contributed by atoms with Crippen LogP contribution in [0.3, 0.4) is 0 Å². The van der Waals surface area contributed by atoms with Gasteiger partial charge < -0.3 is 19.4 Å². The highest BCUT2D eigenvalue weighted by Gasteiger charge is 2.43. The van der Waals surface area contributed by atoms with Gasteiger partial charge >= 0.3 is 6.29 Å². The molecule has 0 fully saturated rings. The van der Waals surface area contributed by atoms with E-state index in [1.54, 1.807) is 23.2 Å². The molecule has 1 aliphatic rings. The minimum atomic E-state index is -3.63. The number of aromatic nitrogens is 2. The number of fused-ring (bicyclic) bond motifs is 1. The molecule has 2 heterocycles. The van der Waals surface area contributed by atoms with E-state index in [1.807, 2.05) is 0 Å². The summed E-state index contributed by atoms with van der Waals surface area (Å²) < 4.78 is 36.4. The van der Waals surface area contributed by atoms with E-state index in [9.17, 15) is 13.6 Å². The van der Waals surface area contributed by atoms with Crippen LogP contribution in [0.25, 0.3) is 5.69 Å². The second kappa shape index (κ2) is 5.28. The average molecular weight is 309 g/mol. The van der Waals surface area contributed by atoms with Crippen molar-refractivity contribution < 1.29 is 23.0 Å². The van der Waals surface area contributed by atoms with E-state index in [0.29, 0.717) is 18.7 Å². The van der Waals surface area contributed by atoms with Crippen LogP contribution in [0.4, 0.5) is 8.78 Å². The molecule has 0 bridgehead atoms. The lowest BCUT2D eigenvalue weighted by Crippen LogP contribution is -2.25. The molecule has 1 aromatic heterocycles. The van der Waals surface area contributed by atoms with Crippen LogP contribution in [0.5, 0.6) is 11.5 Å². The van der Waals surface area contributed by atoms with Gasteiger partial charge in [-0.1, -0.05) is 0 Å². The third-order valence-electron chi connectivity index (χ3n) is 3.07. The fourth-order valence-electron chi connectivity index (χ4n) is 2.10. The SMILES string of the molecule is CC(=O)NCCc1cn(-c2ccc3c(c2)OC(F)(F)O3)cn1. The van der Waals surface area contributed by atoms with E-state index in [2.05, 4.69) is 19.8 Å². The Morgan fingerprint density at radius 1 is 1.36 bits per heavy atom. The summed E-state index contributed by atoms with van der Waals surface area (Å²) in [5, 5.41) is 2.68. The van der Waals surface area contributed by atoms with Crippen LogP contribution in [0.1, 0.15) is 12.6 Å². The summed E-state index contributed by atoms with van der Waals surface area (Å²) in [5.74, 6) is -0.119. The van der Waals surface area contributed by atoms with Crippen LogP contribution in [-0.2, 0) is 11.2 Å². The van der Waals surface area contributed by atoms with Crippen molar-refractivity contribution in [2.24, 2.45) is 0 Å². The molecule has 1 aromatic carbocycles. The minimum absolute atomic E-state index is 0.000234. The predicted octanol–water partition coefficient (Wildman–Crippen LogP) is 1.87. The van der Waals surface area contributed by atoms with E-state index in [-0.39, 0.29) is 17.4 Å². The number of amides is 1. The van der Waals surface area contributed by atoms with Gasteiger partial charge in [-0.05, 0) is 12.1 Å². The van der Waals surface area contributed by atoms with Crippen LogP contribution < -0.4 is 14.8 Å². The second-order valence-electron chi connectivity index (χ2n) is 4.80. The Morgan fingerprint density at radius 3 is 2.91 bits per heavy atom. The molecule has 2 aromatic rings. The molecule has 0 unspecified atom stereocenters. The Morgan fingerprint density at radius 2 is 2.14 bits per heavy atom. The number of hydrogen-bond acceptors (Lipinski definition) is 4. The maximum atomic E-state index is 13.0. The first kappa shape index (κ1) is 14.3. The molecule has 0 atom stereocenters. The van der Waals surface area contributed by atoms with E-state index in [0.717, 1.165) is 5.69 Å². The third kappa shape index (κ3) is 3.00. The molecule has 8 heteroatoms. The lowest BCUT2D eigenvalue weighted by Gasteiger charge is -2.04. The number of benzene rings is 1. The molecule has 3 rings (SSSR count). The van der Waals surface area contributed by atoms with E-state index >= 15 is 0 Å². The lowest BCUT2D eigenvalue weighted by atomic mass is 10.2. The zero-order valence-corrected chi connectivity index (χ0v) is 11.7. The van der Waals surface area contributed by atoms with Gasteiger partial charge in [0.1, 0.15) is 0 Å². The lowest BCUT2D eigenvalue weighted by molar-refractivity contribution is -0.286. The number of halogens is 2. The Hall–Kier alpha value is -2.64. The zero-order chi connectivity index (χ0) is 15.7. The number of rotatable bonds is 4. The number of carbonyl (C=O) groups excluding carboxylic acids is 1. The summed E-state index contributed by atoms with van der Waals surface area (Å²) in [6, 6.07) is 4.50. The number of carbonyl (C=O) groups is 1. The topological polar surface area (TPSA) is 65.4 Å². The quantitative estimate of drug-likeness (QED) is 0.936. The van der Waals surface area contributed by atoms with Gasteiger partial charge in [0.05, 0.1) is 17.7 Å². The summed E-state index contributed by atoms with van der Waals surface area (Å²) in [6.07, 6.45) is 0.283. The monoisotopic (exact) mass is 309 g/mol.